The number of hydrogen-bond donors (Lipinski definition) is 2. The highest BCUT2D eigenvalue weighted by molar-refractivity contribution is 6.30. The van der Waals surface area contributed by atoms with E-state index in [9.17, 15) is 4.79 Å². The number of nitrogens with one attached hydrogen (secondary N) is 2. The van der Waals surface area contributed by atoms with Crippen LogP contribution >= 0.6 is 11.6 Å². The number of amides is 1. The predicted octanol–water partition coefficient (Wildman–Crippen LogP) is 4.50. The zero-order valence-corrected chi connectivity index (χ0v) is 15.8. The summed E-state index contributed by atoms with van der Waals surface area (Å²) >= 11 is 5.96. The van der Waals surface area contributed by atoms with Crippen LogP contribution in [0.25, 0.3) is 5.69 Å². The lowest BCUT2D eigenvalue weighted by molar-refractivity contribution is -0.114. The van der Waals surface area contributed by atoms with Gasteiger partial charge in [-0.15, -0.1) is 0 Å². The van der Waals surface area contributed by atoms with Gasteiger partial charge in [0, 0.05) is 10.7 Å². The molecular formula is C20H21ClN4O. The molecule has 0 saturated carbocycles. The van der Waals surface area contributed by atoms with Gasteiger partial charge in [-0.3, -0.25) is 4.79 Å². The van der Waals surface area contributed by atoms with Gasteiger partial charge in [-0.25, -0.2) is 4.68 Å². The van der Waals surface area contributed by atoms with Gasteiger partial charge in [0.05, 0.1) is 29.3 Å². The first-order valence-corrected chi connectivity index (χ1v) is 8.75. The van der Waals surface area contributed by atoms with Gasteiger partial charge >= 0.3 is 0 Å². The van der Waals surface area contributed by atoms with Gasteiger partial charge in [0.2, 0.25) is 5.91 Å². The third-order valence-electron chi connectivity index (χ3n) is 4.18. The Balaban J connectivity index is 1.71. The number of benzene rings is 2. The molecular weight excluding hydrogens is 348 g/mol. The molecule has 0 unspecified atom stereocenters. The van der Waals surface area contributed by atoms with Crippen LogP contribution < -0.4 is 10.6 Å². The fourth-order valence-electron chi connectivity index (χ4n) is 2.83. The smallest absolute Gasteiger partial charge is 0.243 e. The molecule has 3 aromatic rings. The zero-order valence-electron chi connectivity index (χ0n) is 15.0. The van der Waals surface area contributed by atoms with Crippen molar-refractivity contribution in [3.8, 4) is 5.69 Å². The van der Waals surface area contributed by atoms with Crippen LogP contribution in [-0.4, -0.2) is 22.2 Å². The lowest BCUT2D eigenvalue weighted by Crippen LogP contribution is -2.22. The van der Waals surface area contributed by atoms with E-state index in [4.69, 9.17) is 11.6 Å². The molecule has 0 aliphatic heterocycles. The average molecular weight is 369 g/mol. The molecule has 0 fully saturated rings. The number of aryl methyl sites for hydroxylation is 2. The SMILES string of the molecule is Cc1cc(Cl)ccc1NCC(=O)Nc1c(C)nn(-c2ccccc2)c1C. The molecule has 0 radical (unpaired) electrons. The first kappa shape index (κ1) is 18.0. The summed E-state index contributed by atoms with van der Waals surface area (Å²) in [6.45, 7) is 5.94. The van der Waals surface area contributed by atoms with Crippen molar-refractivity contribution in [2.75, 3.05) is 17.2 Å². The molecule has 0 aliphatic rings. The lowest BCUT2D eigenvalue weighted by atomic mass is 10.2. The molecule has 6 heteroatoms. The molecule has 0 spiro atoms. The number of carbonyl (C=O) groups excluding carboxylic acids is 1. The summed E-state index contributed by atoms with van der Waals surface area (Å²) in [6, 6.07) is 15.4. The zero-order chi connectivity index (χ0) is 18.7. The summed E-state index contributed by atoms with van der Waals surface area (Å²) in [5.74, 6) is -0.127. The number of rotatable bonds is 5. The molecule has 1 aromatic heterocycles. The van der Waals surface area contributed by atoms with E-state index in [0.29, 0.717) is 5.02 Å². The maximum absolute atomic E-state index is 12.4. The molecule has 0 saturated heterocycles. The Bertz CT molecular complexity index is 934. The summed E-state index contributed by atoms with van der Waals surface area (Å²) in [4.78, 5) is 12.4. The topological polar surface area (TPSA) is 59.0 Å². The molecule has 2 aromatic carbocycles. The fraction of sp³-hybridized carbons (Fsp3) is 0.200. The van der Waals surface area contributed by atoms with E-state index >= 15 is 0 Å². The van der Waals surface area contributed by atoms with Crippen molar-refractivity contribution in [1.82, 2.24) is 9.78 Å². The number of anilines is 2. The molecule has 0 atom stereocenters. The predicted molar refractivity (Wildman–Crippen MR) is 106 cm³/mol. The molecule has 2 N–H and O–H groups in total. The van der Waals surface area contributed by atoms with E-state index in [-0.39, 0.29) is 12.5 Å². The van der Waals surface area contributed by atoms with E-state index in [0.717, 1.165) is 34.0 Å². The Morgan fingerprint density at radius 2 is 1.85 bits per heavy atom. The fourth-order valence-corrected chi connectivity index (χ4v) is 3.06. The minimum atomic E-state index is -0.127. The second-order valence-electron chi connectivity index (χ2n) is 6.15. The van der Waals surface area contributed by atoms with E-state index in [1.54, 1.807) is 6.07 Å². The second-order valence-corrected chi connectivity index (χ2v) is 6.59. The highest BCUT2D eigenvalue weighted by atomic mass is 35.5. The van der Waals surface area contributed by atoms with Crippen LogP contribution in [-0.2, 0) is 4.79 Å². The maximum atomic E-state index is 12.4. The van der Waals surface area contributed by atoms with Crippen molar-refractivity contribution in [1.29, 1.82) is 0 Å². The quantitative estimate of drug-likeness (QED) is 0.697. The lowest BCUT2D eigenvalue weighted by Gasteiger charge is -2.11. The summed E-state index contributed by atoms with van der Waals surface area (Å²) in [6.07, 6.45) is 0. The Labute approximate surface area is 158 Å². The van der Waals surface area contributed by atoms with E-state index in [1.807, 2.05) is 67.9 Å². The summed E-state index contributed by atoms with van der Waals surface area (Å²) in [5, 5.41) is 11.3. The first-order chi connectivity index (χ1) is 12.5. The van der Waals surface area contributed by atoms with E-state index in [1.165, 1.54) is 0 Å². The number of carbonyl (C=O) groups is 1. The third-order valence-corrected chi connectivity index (χ3v) is 4.42. The van der Waals surface area contributed by atoms with Crippen LogP contribution in [0, 0.1) is 20.8 Å². The molecule has 5 nitrogen and oxygen atoms in total. The Morgan fingerprint density at radius 3 is 2.54 bits per heavy atom. The number of aromatic nitrogens is 2. The average Bonchev–Trinajstić information content (AvgIpc) is 2.90. The number of hydrogen-bond acceptors (Lipinski definition) is 3. The van der Waals surface area contributed by atoms with Gasteiger partial charge in [0.25, 0.3) is 0 Å². The summed E-state index contributed by atoms with van der Waals surface area (Å²) < 4.78 is 1.84. The number of para-hydroxylation sites is 1. The van der Waals surface area contributed by atoms with Crippen LogP contribution in [0.15, 0.2) is 48.5 Å². The van der Waals surface area contributed by atoms with Gasteiger partial charge in [-0.1, -0.05) is 29.8 Å². The molecule has 3 rings (SSSR count). The largest absolute Gasteiger partial charge is 0.376 e. The highest BCUT2D eigenvalue weighted by Crippen LogP contribution is 2.23. The van der Waals surface area contributed by atoms with Crippen molar-refractivity contribution in [2.24, 2.45) is 0 Å². The number of halogens is 1. The van der Waals surface area contributed by atoms with Crippen LogP contribution in [0.5, 0.6) is 0 Å². The standard InChI is InChI=1S/C20H21ClN4O/c1-13-11-16(21)9-10-18(13)22-12-19(26)23-20-14(2)24-25(15(20)3)17-7-5-4-6-8-17/h4-11,22H,12H2,1-3H3,(H,23,26). The molecule has 26 heavy (non-hydrogen) atoms. The minimum absolute atomic E-state index is 0.127. The second kappa shape index (κ2) is 7.62. The van der Waals surface area contributed by atoms with Crippen LogP contribution in [0.1, 0.15) is 17.0 Å². The van der Waals surface area contributed by atoms with Gasteiger partial charge in [-0.2, -0.15) is 5.10 Å². The molecule has 1 amide bonds. The third kappa shape index (κ3) is 3.89. The van der Waals surface area contributed by atoms with Gasteiger partial charge < -0.3 is 10.6 Å². The normalized spacial score (nSPS) is 10.6. The van der Waals surface area contributed by atoms with Crippen molar-refractivity contribution >= 4 is 28.9 Å². The van der Waals surface area contributed by atoms with E-state index in [2.05, 4.69) is 15.7 Å². The van der Waals surface area contributed by atoms with Crippen LogP contribution in [0.3, 0.4) is 0 Å². The van der Waals surface area contributed by atoms with E-state index < -0.39 is 0 Å². The summed E-state index contributed by atoms with van der Waals surface area (Å²) in [5.41, 5.74) is 5.26. The molecule has 1 heterocycles. The van der Waals surface area contributed by atoms with Gasteiger partial charge in [0.15, 0.2) is 0 Å². The van der Waals surface area contributed by atoms with Crippen molar-refractivity contribution in [2.45, 2.75) is 20.8 Å². The Hall–Kier alpha value is -2.79. The Kier molecular flexibility index (Phi) is 5.28. The molecule has 0 bridgehead atoms. The van der Waals surface area contributed by atoms with Crippen molar-refractivity contribution < 1.29 is 4.79 Å². The van der Waals surface area contributed by atoms with Crippen molar-refractivity contribution in [3.63, 3.8) is 0 Å². The minimum Gasteiger partial charge on any atom is -0.376 e. The summed E-state index contributed by atoms with van der Waals surface area (Å²) in [7, 11) is 0. The van der Waals surface area contributed by atoms with Gasteiger partial charge in [-0.05, 0) is 56.7 Å². The van der Waals surface area contributed by atoms with Crippen LogP contribution in [0.2, 0.25) is 5.02 Å². The maximum Gasteiger partial charge on any atom is 0.243 e. The van der Waals surface area contributed by atoms with Gasteiger partial charge in [0.1, 0.15) is 0 Å². The number of nitrogens with zero attached hydrogens (tertiary/aromatic N) is 2. The van der Waals surface area contributed by atoms with Crippen LogP contribution in [0.4, 0.5) is 11.4 Å². The molecule has 0 aliphatic carbocycles. The Morgan fingerprint density at radius 1 is 1.12 bits per heavy atom. The first-order valence-electron chi connectivity index (χ1n) is 8.37. The highest BCUT2D eigenvalue weighted by Gasteiger charge is 2.15. The molecule has 134 valence electrons. The van der Waals surface area contributed by atoms with Crippen molar-refractivity contribution in [3.05, 3.63) is 70.5 Å². The monoisotopic (exact) mass is 368 g/mol.